The van der Waals surface area contributed by atoms with E-state index in [2.05, 4.69) is 14.5 Å². The molecule has 0 amide bonds. The van der Waals surface area contributed by atoms with E-state index in [1.54, 1.807) is 18.6 Å². The van der Waals surface area contributed by atoms with Gasteiger partial charge in [-0.2, -0.15) is 0 Å². The van der Waals surface area contributed by atoms with Crippen molar-refractivity contribution in [2.75, 3.05) is 0 Å². The first-order valence-corrected chi connectivity index (χ1v) is 5.87. The van der Waals surface area contributed by atoms with Crippen LogP contribution in [0, 0.1) is 6.92 Å². The van der Waals surface area contributed by atoms with E-state index in [1.165, 1.54) is 12.8 Å². The summed E-state index contributed by atoms with van der Waals surface area (Å²) in [6.07, 6.45) is 8.75. The average Bonchev–Trinajstić information content (AvgIpc) is 3.07. The van der Waals surface area contributed by atoms with Crippen molar-refractivity contribution in [1.82, 2.24) is 14.5 Å². The first kappa shape index (κ1) is 10.5. The number of imidazole rings is 1. The van der Waals surface area contributed by atoms with E-state index < -0.39 is 6.10 Å². The lowest BCUT2D eigenvalue weighted by molar-refractivity contribution is 0.208. The Kier molecular flexibility index (Phi) is 2.44. The van der Waals surface area contributed by atoms with Crippen LogP contribution in [0.15, 0.2) is 31.0 Å². The van der Waals surface area contributed by atoms with E-state index in [0.717, 1.165) is 16.8 Å². The summed E-state index contributed by atoms with van der Waals surface area (Å²) in [5.41, 5.74) is 2.77. The van der Waals surface area contributed by atoms with Crippen molar-refractivity contribution in [2.45, 2.75) is 31.9 Å². The van der Waals surface area contributed by atoms with Gasteiger partial charge in [0, 0.05) is 24.0 Å². The van der Waals surface area contributed by atoms with Crippen molar-refractivity contribution in [3.05, 3.63) is 47.8 Å². The van der Waals surface area contributed by atoms with Crippen LogP contribution in [-0.4, -0.2) is 19.6 Å². The van der Waals surface area contributed by atoms with Crippen LogP contribution in [-0.2, 0) is 0 Å². The van der Waals surface area contributed by atoms with Crippen LogP contribution in [0.2, 0.25) is 0 Å². The molecule has 2 aromatic heterocycles. The summed E-state index contributed by atoms with van der Waals surface area (Å²) in [6.45, 7) is 1.98. The van der Waals surface area contributed by atoms with Gasteiger partial charge in [-0.1, -0.05) is 0 Å². The van der Waals surface area contributed by atoms with Gasteiger partial charge >= 0.3 is 0 Å². The van der Waals surface area contributed by atoms with Gasteiger partial charge in [0.05, 0.1) is 18.2 Å². The van der Waals surface area contributed by atoms with Crippen LogP contribution in [0.5, 0.6) is 0 Å². The van der Waals surface area contributed by atoms with Gasteiger partial charge in [-0.15, -0.1) is 0 Å². The molecule has 1 fully saturated rings. The van der Waals surface area contributed by atoms with Crippen molar-refractivity contribution < 1.29 is 5.11 Å². The Hall–Kier alpha value is -1.68. The number of pyridine rings is 1. The molecule has 1 aliphatic carbocycles. The second kappa shape index (κ2) is 3.96. The molecule has 88 valence electrons. The molecule has 0 aromatic carbocycles. The minimum atomic E-state index is -0.633. The Morgan fingerprint density at radius 2 is 2.18 bits per heavy atom. The van der Waals surface area contributed by atoms with Gasteiger partial charge in [-0.3, -0.25) is 4.98 Å². The molecule has 1 saturated carbocycles. The number of hydrogen-bond acceptors (Lipinski definition) is 3. The fraction of sp³-hybridized carbons (Fsp3) is 0.385. The Labute approximate surface area is 100.0 Å². The predicted octanol–water partition coefficient (Wildman–Crippen LogP) is 2.00. The van der Waals surface area contributed by atoms with Crippen molar-refractivity contribution in [1.29, 1.82) is 0 Å². The fourth-order valence-corrected chi connectivity index (χ4v) is 2.11. The number of rotatable bonds is 3. The number of aromatic nitrogens is 3. The molecule has 0 spiro atoms. The molecule has 0 aliphatic heterocycles. The fourth-order valence-electron chi connectivity index (χ4n) is 2.11. The summed E-state index contributed by atoms with van der Waals surface area (Å²) < 4.78 is 2.08. The van der Waals surface area contributed by atoms with E-state index >= 15 is 0 Å². The highest BCUT2D eigenvalue weighted by Gasteiger charge is 2.28. The van der Waals surface area contributed by atoms with Gasteiger partial charge in [-0.05, 0) is 31.4 Å². The van der Waals surface area contributed by atoms with Crippen LogP contribution in [0.1, 0.15) is 41.8 Å². The summed E-state index contributed by atoms with van der Waals surface area (Å²) in [5, 5.41) is 10.4. The quantitative estimate of drug-likeness (QED) is 0.875. The first-order valence-electron chi connectivity index (χ1n) is 5.87. The van der Waals surface area contributed by atoms with Crippen LogP contribution < -0.4 is 0 Å². The summed E-state index contributed by atoms with van der Waals surface area (Å²) in [7, 11) is 0. The first-order chi connectivity index (χ1) is 8.27. The van der Waals surface area contributed by atoms with Gasteiger partial charge in [0.1, 0.15) is 6.10 Å². The molecule has 1 N–H and O–H groups in total. The largest absolute Gasteiger partial charge is 0.382 e. The molecule has 2 heterocycles. The van der Waals surface area contributed by atoms with Gasteiger partial charge in [0.25, 0.3) is 0 Å². The van der Waals surface area contributed by atoms with Crippen LogP contribution in [0.25, 0.3) is 0 Å². The third-order valence-electron chi connectivity index (χ3n) is 3.29. The third kappa shape index (κ3) is 1.85. The number of aliphatic hydroxyl groups excluding tert-OH is 1. The number of hydrogen-bond donors (Lipinski definition) is 1. The SMILES string of the molecule is Cc1ccncc1C(O)c1cncn1C1CC1. The second-order valence-electron chi connectivity index (χ2n) is 4.59. The lowest BCUT2D eigenvalue weighted by atomic mass is 10.0. The van der Waals surface area contributed by atoms with Crippen LogP contribution in [0.3, 0.4) is 0 Å². The van der Waals surface area contributed by atoms with E-state index in [-0.39, 0.29) is 0 Å². The maximum atomic E-state index is 10.4. The van der Waals surface area contributed by atoms with Gasteiger partial charge < -0.3 is 9.67 Å². The summed E-state index contributed by atoms with van der Waals surface area (Å²) >= 11 is 0. The van der Waals surface area contributed by atoms with Crippen molar-refractivity contribution in [2.24, 2.45) is 0 Å². The molecule has 17 heavy (non-hydrogen) atoms. The van der Waals surface area contributed by atoms with E-state index in [9.17, 15) is 5.11 Å². The molecule has 4 nitrogen and oxygen atoms in total. The molecule has 1 atom stereocenters. The minimum Gasteiger partial charge on any atom is -0.382 e. The summed E-state index contributed by atoms with van der Waals surface area (Å²) in [5.74, 6) is 0. The minimum absolute atomic E-state index is 0.527. The Morgan fingerprint density at radius 3 is 2.88 bits per heavy atom. The molecule has 0 bridgehead atoms. The van der Waals surface area contributed by atoms with Gasteiger partial charge in [-0.25, -0.2) is 4.98 Å². The van der Waals surface area contributed by atoms with Crippen LogP contribution >= 0.6 is 0 Å². The smallest absolute Gasteiger partial charge is 0.122 e. The lowest BCUT2D eigenvalue weighted by Gasteiger charge is -2.15. The zero-order chi connectivity index (χ0) is 11.8. The highest BCUT2D eigenvalue weighted by Crippen LogP contribution is 2.38. The molecular formula is C13H15N3O. The van der Waals surface area contributed by atoms with Crippen molar-refractivity contribution in [3.63, 3.8) is 0 Å². The lowest BCUT2D eigenvalue weighted by Crippen LogP contribution is -2.08. The zero-order valence-corrected chi connectivity index (χ0v) is 9.74. The molecule has 0 saturated heterocycles. The number of aryl methyl sites for hydroxylation is 1. The monoisotopic (exact) mass is 229 g/mol. The third-order valence-corrected chi connectivity index (χ3v) is 3.29. The van der Waals surface area contributed by atoms with E-state index in [0.29, 0.717) is 6.04 Å². The molecule has 4 heteroatoms. The maximum absolute atomic E-state index is 10.4. The molecule has 1 aliphatic rings. The van der Waals surface area contributed by atoms with E-state index in [1.807, 2.05) is 19.3 Å². The molecular weight excluding hydrogens is 214 g/mol. The van der Waals surface area contributed by atoms with Crippen LogP contribution in [0.4, 0.5) is 0 Å². The highest BCUT2D eigenvalue weighted by atomic mass is 16.3. The molecule has 1 unspecified atom stereocenters. The average molecular weight is 229 g/mol. The predicted molar refractivity (Wildman–Crippen MR) is 63.5 cm³/mol. The van der Waals surface area contributed by atoms with E-state index in [4.69, 9.17) is 0 Å². The maximum Gasteiger partial charge on any atom is 0.122 e. The molecule has 3 rings (SSSR count). The zero-order valence-electron chi connectivity index (χ0n) is 9.74. The Morgan fingerprint density at radius 1 is 1.35 bits per heavy atom. The second-order valence-corrected chi connectivity index (χ2v) is 4.59. The molecule has 2 aromatic rings. The number of aliphatic hydroxyl groups is 1. The van der Waals surface area contributed by atoms with Crippen molar-refractivity contribution >= 4 is 0 Å². The summed E-state index contributed by atoms with van der Waals surface area (Å²) in [4.78, 5) is 8.22. The van der Waals surface area contributed by atoms with Gasteiger partial charge in [0.2, 0.25) is 0 Å². The standard InChI is InChI=1S/C13H15N3O/c1-9-4-5-14-6-11(9)13(17)12-7-15-8-16(12)10-2-3-10/h4-8,10,13,17H,2-3H2,1H3. The topological polar surface area (TPSA) is 50.9 Å². The Balaban J connectivity index is 1.98. The molecule has 0 radical (unpaired) electrons. The highest BCUT2D eigenvalue weighted by molar-refractivity contribution is 5.29. The van der Waals surface area contributed by atoms with Gasteiger partial charge in [0.15, 0.2) is 0 Å². The normalized spacial score (nSPS) is 17.1. The van der Waals surface area contributed by atoms with Crippen molar-refractivity contribution in [3.8, 4) is 0 Å². The Bertz CT molecular complexity index is 531. The number of nitrogens with zero attached hydrogens (tertiary/aromatic N) is 3. The summed E-state index contributed by atoms with van der Waals surface area (Å²) in [6, 6.07) is 2.44.